The fraction of sp³-hybridized carbons (Fsp3) is 0.438. The topological polar surface area (TPSA) is 39.1 Å². The van der Waals surface area contributed by atoms with Gasteiger partial charge in [0.15, 0.2) is 0 Å². The number of aryl methyl sites for hydroxylation is 1. The van der Waals surface area contributed by atoms with Crippen molar-refractivity contribution in [1.82, 2.24) is 15.1 Å². The minimum absolute atomic E-state index is 0.147. The molecule has 0 saturated carbocycles. The highest BCUT2D eigenvalue weighted by atomic mass is 35.5. The van der Waals surface area contributed by atoms with E-state index in [0.717, 1.165) is 30.8 Å². The lowest BCUT2D eigenvalue weighted by Gasteiger charge is -2.19. The van der Waals surface area contributed by atoms with Gasteiger partial charge in [0, 0.05) is 13.5 Å². The van der Waals surface area contributed by atoms with Crippen LogP contribution in [0.1, 0.15) is 31.5 Å². The molecule has 0 amide bonds. The zero-order valence-electron chi connectivity index (χ0n) is 12.6. The molecule has 1 unspecified atom stereocenters. The fourth-order valence-corrected chi connectivity index (χ4v) is 2.58. The lowest BCUT2D eigenvalue weighted by atomic mass is 10.1. The van der Waals surface area contributed by atoms with Crippen LogP contribution in [-0.2, 0) is 7.05 Å². The van der Waals surface area contributed by atoms with Gasteiger partial charge in [0.1, 0.15) is 5.75 Å². The lowest BCUT2D eigenvalue weighted by Crippen LogP contribution is -2.26. The Balaban J connectivity index is 1.97. The molecule has 0 saturated heterocycles. The Bertz CT molecular complexity index is 522. The molecule has 5 heteroatoms. The number of ether oxygens (including phenoxy) is 1. The van der Waals surface area contributed by atoms with Crippen LogP contribution in [0.25, 0.3) is 0 Å². The summed E-state index contributed by atoms with van der Waals surface area (Å²) in [4.78, 5) is 0. The van der Waals surface area contributed by atoms with E-state index in [9.17, 15) is 0 Å². The second-order valence-electron chi connectivity index (χ2n) is 4.96. The lowest BCUT2D eigenvalue weighted by molar-refractivity contribution is 0.283. The predicted octanol–water partition coefficient (Wildman–Crippen LogP) is 3.58. The summed E-state index contributed by atoms with van der Waals surface area (Å²) in [6, 6.07) is 10.00. The van der Waals surface area contributed by atoms with Gasteiger partial charge in [-0.3, -0.25) is 4.68 Å². The van der Waals surface area contributed by atoms with Crippen molar-refractivity contribution in [2.24, 2.45) is 7.05 Å². The second-order valence-corrected chi connectivity index (χ2v) is 5.37. The normalized spacial score (nSPS) is 12.3. The maximum Gasteiger partial charge on any atom is 0.119 e. The Kier molecular flexibility index (Phi) is 6.08. The minimum Gasteiger partial charge on any atom is -0.494 e. The third-order valence-corrected chi connectivity index (χ3v) is 3.62. The molecule has 0 aliphatic heterocycles. The molecule has 2 rings (SSSR count). The van der Waals surface area contributed by atoms with E-state index in [4.69, 9.17) is 16.3 Å². The SMILES string of the molecule is CCCNC(CCOc1ccccc1)c1c(Cl)cnn1C. The molecule has 0 radical (unpaired) electrons. The quantitative estimate of drug-likeness (QED) is 0.810. The highest BCUT2D eigenvalue weighted by Gasteiger charge is 2.18. The average Bonchev–Trinajstić information content (AvgIpc) is 2.83. The summed E-state index contributed by atoms with van der Waals surface area (Å²) in [5.74, 6) is 0.892. The van der Waals surface area contributed by atoms with Crippen molar-refractivity contribution in [3.63, 3.8) is 0 Å². The molecule has 0 spiro atoms. The first-order valence-corrected chi connectivity index (χ1v) is 7.68. The largest absolute Gasteiger partial charge is 0.494 e. The van der Waals surface area contributed by atoms with Gasteiger partial charge < -0.3 is 10.1 Å². The third kappa shape index (κ3) is 4.48. The zero-order chi connectivity index (χ0) is 15.1. The molecular weight excluding hydrogens is 286 g/mol. The van der Waals surface area contributed by atoms with Crippen molar-refractivity contribution < 1.29 is 4.74 Å². The molecule has 1 N–H and O–H groups in total. The Morgan fingerprint density at radius 2 is 2.10 bits per heavy atom. The third-order valence-electron chi connectivity index (χ3n) is 3.33. The van der Waals surface area contributed by atoms with E-state index in [1.807, 2.05) is 42.1 Å². The fourth-order valence-electron chi connectivity index (χ4n) is 2.28. The first-order chi connectivity index (χ1) is 10.2. The van der Waals surface area contributed by atoms with E-state index < -0.39 is 0 Å². The molecule has 1 atom stereocenters. The number of para-hydroxylation sites is 1. The van der Waals surface area contributed by atoms with Crippen LogP contribution >= 0.6 is 11.6 Å². The molecule has 0 bridgehead atoms. The second kappa shape index (κ2) is 8.05. The van der Waals surface area contributed by atoms with Crippen LogP contribution in [0.2, 0.25) is 5.02 Å². The summed E-state index contributed by atoms with van der Waals surface area (Å²) in [5.41, 5.74) is 1.02. The zero-order valence-corrected chi connectivity index (χ0v) is 13.3. The maximum absolute atomic E-state index is 6.25. The summed E-state index contributed by atoms with van der Waals surface area (Å²) in [7, 11) is 1.92. The van der Waals surface area contributed by atoms with Crippen LogP contribution < -0.4 is 10.1 Å². The number of hydrogen-bond donors (Lipinski definition) is 1. The van der Waals surface area contributed by atoms with Gasteiger partial charge in [-0.2, -0.15) is 5.10 Å². The summed E-state index contributed by atoms with van der Waals surface area (Å²) < 4.78 is 7.61. The van der Waals surface area contributed by atoms with Gasteiger partial charge >= 0.3 is 0 Å². The van der Waals surface area contributed by atoms with Gasteiger partial charge in [0.25, 0.3) is 0 Å². The molecule has 0 fully saturated rings. The van der Waals surface area contributed by atoms with E-state index in [-0.39, 0.29) is 6.04 Å². The molecule has 1 aromatic heterocycles. The van der Waals surface area contributed by atoms with Crippen molar-refractivity contribution in [3.8, 4) is 5.75 Å². The Hall–Kier alpha value is -1.52. The van der Waals surface area contributed by atoms with Crippen LogP contribution in [0.5, 0.6) is 5.75 Å². The van der Waals surface area contributed by atoms with Crippen molar-refractivity contribution in [2.45, 2.75) is 25.8 Å². The summed E-state index contributed by atoms with van der Waals surface area (Å²) in [6.45, 7) is 3.72. The molecule has 1 aromatic carbocycles. The van der Waals surface area contributed by atoms with Crippen LogP contribution in [0.3, 0.4) is 0 Å². The molecule has 4 nitrogen and oxygen atoms in total. The predicted molar refractivity (Wildman–Crippen MR) is 85.8 cm³/mol. The summed E-state index contributed by atoms with van der Waals surface area (Å²) >= 11 is 6.25. The first kappa shape index (κ1) is 15.9. The number of hydrogen-bond acceptors (Lipinski definition) is 3. The van der Waals surface area contributed by atoms with Gasteiger partial charge in [-0.1, -0.05) is 36.7 Å². The van der Waals surface area contributed by atoms with Crippen molar-refractivity contribution in [2.75, 3.05) is 13.2 Å². The molecule has 21 heavy (non-hydrogen) atoms. The molecule has 0 aliphatic rings. The summed E-state index contributed by atoms with van der Waals surface area (Å²) in [5, 5.41) is 8.43. The summed E-state index contributed by atoms with van der Waals surface area (Å²) in [6.07, 6.45) is 3.61. The first-order valence-electron chi connectivity index (χ1n) is 7.31. The van der Waals surface area contributed by atoms with Gasteiger partial charge in [-0.05, 0) is 25.1 Å². The number of rotatable bonds is 8. The number of benzene rings is 1. The molecule has 114 valence electrons. The van der Waals surface area contributed by atoms with Crippen LogP contribution in [-0.4, -0.2) is 22.9 Å². The Labute approximate surface area is 131 Å². The molecule has 1 heterocycles. The Morgan fingerprint density at radius 1 is 1.33 bits per heavy atom. The van der Waals surface area contributed by atoms with Crippen LogP contribution in [0.15, 0.2) is 36.5 Å². The van der Waals surface area contributed by atoms with E-state index in [0.29, 0.717) is 11.6 Å². The smallest absolute Gasteiger partial charge is 0.119 e. The van der Waals surface area contributed by atoms with Gasteiger partial charge in [0.2, 0.25) is 0 Å². The van der Waals surface area contributed by atoms with Crippen molar-refractivity contribution in [3.05, 3.63) is 47.2 Å². The molecule has 2 aromatic rings. The maximum atomic E-state index is 6.25. The van der Waals surface area contributed by atoms with Crippen molar-refractivity contribution in [1.29, 1.82) is 0 Å². The average molecular weight is 308 g/mol. The molecular formula is C16H22ClN3O. The number of nitrogens with one attached hydrogen (secondary N) is 1. The number of aromatic nitrogens is 2. The van der Waals surface area contributed by atoms with Gasteiger partial charge in [-0.15, -0.1) is 0 Å². The van der Waals surface area contributed by atoms with Crippen molar-refractivity contribution >= 4 is 11.6 Å². The van der Waals surface area contributed by atoms with Gasteiger partial charge in [0.05, 0.1) is 29.6 Å². The Morgan fingerprint density at radius 3 is 2.71 bits per heavy atom. The van der Waals surface area contributed by atoms with E-state index >= 15 is 0 Å². The number of halogens is 1. The van der Waals surface area contributed by atoms with E-state index in [1.54, 1.807) is 6.20 Å². The molecule has 0 aliphatic carbocycles. The monoisotopic (exact) mass is 307 g/mol. The van der Waals surface area contributed by atoms with Gasteiger partial charge in [-0.25, -0.2) is 0 Å². The van der Waals surface area contributed by atoms with Crippen LogP contribution in [0, 0.1) is 0 Å². The highest BCUT2D eigenvalue weighted by Crippen LogP contribution is 2.25. The van der Waals surface area contributed by atoms with E-state index in [1.165, 1.54) is 0 Å². The number of nitrogens with zero attached hydrogens (tertiary/aromatic N) is 2. The minimum atomic E-state index is 0.147. The van der Waals surface area contributed by atoms with Crippen LogP contribution in [0.4, 0.5) is 0 Å². The van der Waals surface area contributed by atoms with E-state index in [2.05, 4.69) is 17.3 Å². The standard InChI is InChI=1S/C16H22ClN3O/c1-3-10-18-15(16-14(17)12-19-20(16)2)9-11-21-13-7-5-4-6-8-13/h4-8,12,15,18H,3,9-11H2,1-2H3. The highest BCUT2D eigenvalue weighted by molar-refractivity contribution is 6.31.